The van der Waals surface area contributed by atoms with E-state index in [0.29, 0.717) is 6.04 Å². The summed E-state index contributed by atoms with van der Waals surface area (Å²) in [6, 6.07) is 0.335. The summed E-state index contributed by atoms with van der Waals surface area (Å²) in [7, 11) is 0. The molecule has 2 saturated heterocycles. The van der Waals surface area contributed by atoms with Gasteiger partial charge < -0.3 is 9.64 Å². The summed E-state index contributed by atoms with van der Waals surface area (Å²) in [6.07, 6.45) is 2.12. The van der Waals surface area contributed by atoms with Crippen molar-refractivity contribution in [1.82, 2.24) is 4.90 Å². The molecule has 2 rings (SSSR count). The second kappa shape index (κ2) is 2.75. The van der Waals surface area contributed by atoms with Gasteiger partial charge in [0.2, 0.25) is 0 Å². The van der Waals surface area contributed by atoms with Gasteiger partial charge in [-0.25, -0.2) is 4.79 Å². The van der Waals surface area contributed by atoms with E-state index in [4.69, 9.17) is 4.74 Å². The van der Waals surface area contributed by atoms with Gasteiger partial charge in [0.1, 0.15) is 5.60 Å². The SMILES string of the molecule is CC1(CI)OC(=O)N2CCCC21. The molecule has 2 aliphatic rings. The molecule has 12 heavy (non-hydrogen) atoms. The Morgan fingerprint density at radius 1 is 1.83 bits per heavy atom. The van der Waals surface area contributed by atoms with Crippen LogP contribution in [0.2, 0.25) is 0 Å². The summed E-state index contributed by atoms with van der Waals surface area (Å²) in [6.45, 7) is 2.92. The Hall–Kier alpha value is 0. The number of carbonyl (C=O) groups excluding carboxylic acids is 1. The number of hydrogen-bond acceptors (Lipinski definition) is 2. The first-order chi connectivity index (χ1) is 5.67. The van der Waals surface area contributed by atoms with Crippen LogP contribution in [0.15, 0.2) is 0 Å². The molecule has 4 heteroatoms. The second-order valence-electron chi connectivity index (χ2n) is 3.67. The highest BCUT2D eigenvalue weighted by Gasteiger charge is 2.51. The van der Waals surface area contributed by atoms with Crippen molar-refractivity contribution in [1.29, 1.82) is 0 Å². The van der Waals surface area contributed by atoms with E-state index in [0.717, 1.165) is 23.8 Å². The van der Waals surface area contributed by atoms with Crippen molar-refractivity contribution in [2.75, 3.05) is 11.0 Å². The average molecular weight is 281 g/mol. The summed E-state index contributed by atoms with van der Waals surface area (Å²) in [4.78, 5) is 13.2. The van der Waals surface area contributed by atoms with E-state index in [9.17, 15) is 4.79 Å². The van der Waals surface area contributed by atoms with Crippen LogP contribution in [0.3, 0.4) is 0 Å². The topological polar surface area (TPSA) is 29.5 Å². The van der Waals surface area contributed by atoms with E-state index in [1.807, 2.05) is 11.8 Å². The molecule has 2 fully saturated rings. The molecule has 0 aromatic heterocycles. The third-order valence-electron chi connectivity index (χ3n) is 2.78. The smallest absolute Gasteiger partial charge is 0.410 e. The van der Waals surface area contributed by atoms with Crippen LogP contribution in [0.1, 0.15) is 19.8 Å². The van der Waals surface area contributed by atoms with E-state index in [-0.39, 0.29) is 11.7 Å². The van der Waals surface area contributed by atoms with Gasteiger partial charge in [-0.3, -0.25) is 0 Å². The van der Waals surface area contributed by atoms with E-state index in [2.05, 4.69) is 22.6 Å². The molecular weight excluding hydrogens is 269 g/mol. The maximum atomic E-state index is 11.3. The highest BCUT2D eigenvalue weighted by molar-refractivity contribution is 14.1. The number of hydrogen-bond donors (Lipinski definition) is 0. The van der Waals surface area contributed by atoms with E-state index in [1.165, 1.54) is 0 Å². The molecule has 0 N–H and O–H groups in total. The Labute approximate surface area is 85.6 Å². The molecule has 0 bridgehead atoms. The molecule has 3 nitrogen and oxygen atoms in total. The van der Waals surface area contributed by atoms with Gasteiger partial charge in [-0.05, 0) is 19.8 Å². The van der Waals surface area contributed by atoms with Crippen LogP contribution < -0.4 is 0 Å². The number of rotatable bonds is 1. The van der Waals surface area contributed by atoms with Crippen molar-refractivity contribution >= 4 is 28.7 Å². The Morgan fingerprint density at radius 3 is 3.25 bits per heavy atom. The fourth-order valence-corrected chi connectivity index (χ4v) is 2.73. The van der Waals surface area contributed by atoms with Crippen LogP contribution in [0, 0.1) is 0 Å². The number of halogens is 1. The lowest BCUT2D eigenvalue weighted by atomic mass is 9.98. The fraction of sp³-hybridized carbons (Fsp3) is 0.875. The number of carbonyl (C=O) groups is 1. The quantitative estimate of drug-likeness (QED) is 0.542. The number of alkyl halides is 1. The normalized spacial score (nSPS) is 40.0. The van der Waals surface area contributed by atoms with E-state index < -0.39 is 0 Å². The van der Waals surface area contributed by atoms with Gasteiger partial charge >= 0.3 is 6.09 Å². The van der Waals surface area contributed by atoms with Gasteiger partial charge in [-0.2, -0.15) is 0 Å². The number of ether oxygens (including phenoxy) is 1. The molecule has 0 aliphatic carbocycles. The minimum atomic E-state index is -0.228. The zero-order valence-electron chi connectivity index (χ0n) is 7.05. The number of cyclic esters (lactones) is 1. The Bertz CT molecular complexity index is 221. The Kier molecular flexibility index (Phi) is 1.97. The first kappa shape index (κ1) is 8.59. The third kappa shape index (κ3) is 1.03. The number of nitrogens with zero attached hydrogens (tertiary/aromatic N) is 1. The Balaban J connectivity index is 2.25. The van der Waals surface area contributed by atoms with Crippen LogP contribution >= 0.6 is 22.6 Å². The monoisotopic (exact) mass is 281 g/mol. The van der Waals surface area contributed by atoms with Gasteiger partial charge in [0.25, 0.3) is 0 Å². The van der Waals surface area contributed by atoms with E-state index in [1.54, 1.807) is 0 Å². The fourth-order valence-electron chi connectivity index (χ4n) is 2.06. The molecule has 68 valence electrons. The predicted octanol–water partition coefficient (Wildman–Crippen LogP) is 1.79. The van der Waals surface area contributed by atoms with Crippen molar-refractivity contribution < 1.29 is 9.53 Å². The van der Waals surface area contributed by atoms with E-state index >= 15 is 0 Å². The summed E-state index contributed by atoms with van der Waals surface area (Å²) in [5, 5.41) is 0. The second-order valence-corrected chi connectivity index (χ2v) is 4.43. The minimum absolute atomic E-state index is 0.114. The third-order valence-corrected chi connectivity index (χ3v) is 4.29. The summed E-state index contributed by atoms with van der Waals surface area (Å²) in [5.41, 5.74) is -0.228. The maximum absolute atomic E-state index is 11.3. The zero-order chi connectivity index (χ0) is 8.77. The van der Waals surface area contributed by atoms with Crippen molar-refractivity contribution in [2.45, 2.75) is 31.4 Å². The van der Waals surface area contributed by atoms with Crippen LogP contribution in [0.25, 0.3) is 0 Å². The van der Waals surface area contributed by atoms with Gasteiger partial charge in [-0.15, -0.1) is 0 Å². The standard InChI is InChI=1S/C8H12INO2/c1-8(5-9)6-3-2-4-10(6)7(11)12-8/h6H,2-5H2,1H3. The van der Waals surface area contributed by atoms with Crippen molar-refractivity contribution in [2.24, 2.45) is 0 Å². The summed E-state index contributed by atoms with van der Waals surface area (Å²) >= 11 is 2.29. The van der Waals surface area contributed by atoms with Crippen LogP contribution in [-0.2, 0) is 4.74 Å². The first-order valence-corrected chi connectivity index (χ1v) is 5.75. The first-order valence-electron chi connectivity index (χ1n) is 4.23. The van der Waals surface area contributed by atoms with Crippen molar-refractivity contribution in [3.05, 3.63) is 0 Å². The maximum Gasteiger partial charge on any atom is 0.410 e. The molecule has 0 radical (unpaired) electrons. The molecule has 2 unspecified atom stereocenters. The van der Waals surface area contributed by atoms with Gasteiger partial charge in [0.05, 0.1) is 6.04 Å². The molecule has 0 aromatic rings. The molecule has 0 spiro atoms. The molecule has 2 atom stereocenters. The lowest BCUT2D eigenvalue weighted by molar-refractivity contribution is 0.0735. The summed E-state index contributed by atoms with van der Waals surface area (Å²) in [5.74, 6) is 0. The van der Waals surface area contributed by atoms with Gasteiger partial charge in [0, 0.05) is 11.0 Å². The minimum Gasteiger partial charge on any atom is -0.440 e. The zero-order valence-corrected chi connectivity index (χ0v) is 9.20. The van der Waals surface area contributed by atoms with Crippen LogP contribution in [0.5, 0.6) is 0 Å². The van der Waals surface area contributed by atoms with Crippen LogP contribution in [-0.4, -0.2) is 33.6 Å². The van der Waals surface area contributed by atoms with Crippen LogP contribution in [0.4, 0.5) is 4.79 Å². The predicted molar refractivity (Wildman–Crippen MR) is 53.5 cm³/mol. The summed E-state index contributed by atoms with van der Waals surface area (Å²) < 4.78 is 6.23. The van der Waals surface area contributed by atoms with Crippen molar-refractivity contribution in [3.63, 3.8) is 0 Å². The van der Waals surface area contributed by atoms with Gasteiger partial charge in [0.15, 0.2) is 0 Å². The van der Waals surface area contributed by atoms with Gasteiger partial charge in [-0.1, -0.05) is 22.6 Å². The lowest BCUT2D eigenvalue weighted by Crippen LogP contribution is -2.40. The Morgan fingerprint density at radius 2 is 2.58 bits per heavy atom. The average Bonchev–Trinajstić information content (AvgIpc) is 2.58. The lowest BCUT2D eigenvalue weighted by Gasteiger charge is -2.25. The molecular formula is C8H12INO2. The highest BCUT2D eigenvalue weighted by Crippen LogP contribution is 2.37. The van der Waals surface area contributed by atoms with Crippen molar-refractivity contribution in [3.8, 4) is 0 Å². The number of fused-ring (bicyclic) bond motifs is 1. The molecule has 2 heterocycles. The molecule has 2 aliphatic heterocycles. The molecule has 1 amide bonds. The largest absolute Gasteiger partial charge is 0.440 e. The number of amides is 1. The molecule has 0 saturated carbocycles. The highest BCUT2D eigenvalue weighted by atomic mass is 127. The molecule has 0 aromatic carbocycles.